The van der Waals surface area contributed by atoms with Crippen molar-refractivity contribution in [2.45, 2.75) is 31.9 Å². The van der Waals surface area contributed by atoms with Gasteiger partial charge in [-0.05, 0) is 31.3 Å². The van der Waals surface area contributed by atoms with E-state index in [0.29, 0.717) is 19.2 Å². The Balaban J connectivity index is 2.14. The van der Waals surface area contributed by atoms with Crippen LogP contribution < -0.4 is 5.32 Å². The number of nitrogens with one attached hydrogen (secondary N) is 1. The highest BCUT2D eigenvalue weighted by Crippen LogP contribution is 2.16. The Kier molecular flexibility index (Phi) is 6.05. The van der Waals surface area contributed by atoms with Crippen LogP contribution in [0.25, 0.3) is 0 Å². The van der Waals surface area contributed by atoms with Gasteiger partial charge in [-0.15, -0.1) is 0 Å². The van der Waals surface area contributed by atoms with E-state index in [2.05, 4.69) is 5.32 Å². The molecule has 15 heavy (non-hydrogen) atoms. The molecule has 1 unspecified atom stereocenters. The third-order valence-corrected chi connectivity index (χ3v) is 3.43. The van der Waals surface area contributed by atoms with Crippen LogP contribution in [0.3, 0.4) is 0 Å². The normalized spacial score (nSPS) is 19.9. The minimum absolute atomic E-state index is 0.300. The Hall–Kier alpha value is -0.260. The summed E-state index contributed by atoms with van der Waals surface area (Å²) in [7, 11) is 0. The summed E-state index contributed by atoms with van der Waals surface area (Å²) < 4.78 is 4.71. The van der Waals surface area contributed by atoms with E-state index in [-0.39, 0.29) is 0 Å². The van der Waals surface area contributed by atoms with E-state index in [1.54, 1.807) is 6.92 Å². The summed E-state index contributed by atoms with van der Waals surface area (Å²) in [6.07, 6.45) is 1.19. The molecule has 1 heterocycles. The van der Waals surface area contributed by atoms with Gasteiger partial charge in [0.1, 0.15) is 0 Å². The van der Waals surface area contributed by atoms with E-state index in [9.17, 15) is 9.90 Å². The fourth-order valence-corrected chi connectivity index (χ4v) is 2.61. The zero-order valence-corrected chi connectivity index (χ0v) is 9.89. The van der Waals surface area contributed by atoms with E-state index in [0.717, 1.165) is 24.3 Å². The second-order valence-corrected chi connectivity index (χ2v) is 4.79. The van der Waals surface area contributed by atoms with E-state index in [1.165, 1.54) is 0 Å². The third-order valence-electron chi connectivity index (χ3n) is 2.38. The largest absolute Gasteiger partial charge is 0.464 e. The molecule has 1 aliphatic rings. The third kappa shape index (κ3) is 4.86. The molecule has 0 aromatic carbocycles. The molecule has 0 amide bonds. The number of ether oxygens (including phenoxy) is 1. The fourth-order valence-electron chi connectivity index (χ4n) is 1.50. The average Bonchev–Trinajstić information content (AvgIpc) is 2.27. The average molecular weight is 233 g/mol. The predicted octanol–water partition coefficient (Wildman–Crippen LogP) is 0.396. The molecule has 0 bridgehead atoms. The lowest BCUT2D eigenvalue weighted by Crippen LogP contribution is -2.41. The quantitative estimate of drug-likeness (QED) is 0.673. The lowest BCUT2D eigenvalue weighted by atomic mass is 10.1. The second kappa shape index (κ2) is 7.09. The number of thioether (sulfide) groups is 1. The van der Waals surface area contributed by atoms with Crippen molar-refractivity contribution < 1.29 is 14.6 Å². The molecular weight excluding hydrogens is 214 g/mol. The van der Waals surface area contributed by atoms with Gasteiger partial charge in [-0.3, -0.25) is 0 Å². The molecule has 1 saturated heterocycles. The van der Waals surface area contributed by atoms with Crippen LogP contribution in [0, 0.1) is 0 Å². The highest BCUT2D eigenvalue weighted by atomic mass is 32.2. The van der Waals surface area contributed by atoms with Crippen molar-refractivity contribution in [2.24, 2.45) is 0 Å². The number of aliphatic hydroxyl groups is 1. The van der Waals surface area contributed by atoms with Crippen LogP contribution in [-0.4, -0.2) is 47.9 Å². The molecule has 0 saturated carbocycles. The minimum atomic E-state index is -1.03. The van der Waals surface area contributed by atoms with Crippen LogP contribution in [0.5, 0.6) is 0 Å². The van der Waals surface area contributed by atoms with E-state index in [4.69, 9.17) is 4.74 Å². The lowest BCUT2D eigenvalue weighted by molar-refractivity contribution is -0.152. The first kappa shape index (κ1) is 12.8. The molecule has 1 atom stereocenters. The summed E-state index contributed by atoms with van der Waals surface area (Å²) >= 11 is 1.95. The van der Waals surface area contributed by atoms with Crippen molar-refractivity contribution in [3.05, 3.63) is 0 Å². The van der Waals surface area contributed by atoms with Crippen LogP contribution >= 0.6 is 11.8 Å². The molecule has 1 rings (SSSR count). The first-order valence-corrected chi connectivity index (χ1v) is 6.55. The van der Waals surface area contributed by atoms with Crippen LogP contribution in [0.4, 0.5) is 0 Å². The Morgan fingerprint density at radius 2 is 2.27 bits per heavy atom. The van der Waals surface area contributed by atoms with E-state index < -0.39 is 12.1 Å². The molecular formula is C10H19NO3S. The van der Waals surface area contributed by atoms with Crippen LogP contribution in [0.15, 0.2) is 0 Å². The van der Waals surface area contributed by atoms with Gasteiger partial charge >= 0.3 is 5.97 Å². The van der Waals surface area contributed by atoms with Crippen molar-refractivity contribution in [1.29, 1.82) is 0 Å². The Bertz CT molecular complexity index is 195. The van der Waals surface area contributed by atoms with Gasteiger partial charge in [0.2, 0.25) is 0 Å². The summed E-state index contributed by atoms with van der Waals surface area (Å²) in [5.74, 6) is 1.79. The SMILES string of the molecule is CCOC(=O)C(O)CNC1CCSCC1. The fraction of sp³-hybridized carbons (Fsp3) is 0.900. The zero-order valence-electron chi connectivity index (χ0n) is 9.07. The highest BCUT2D eigenvalue weighted by molar-refractivity contribution is 7.99. The molecule has 0 spiro atoms. The van der Waals surface area contributed by atoms with Crippen molar-refractivity contribution in [1.82, 2.24) is 5.32 Å². The Morgan fingerprint density at radius 1 is 1.60 bits per heavy atom. The highest BCUT2D eigenvalue weighted by Gasteiger charge is 2.19. The Labute approximate surface area is 94.8 Å². The molecule has 4 nitrogen and oxygen atoms in total. The summed E-state index contributed by atoms with van der Waals surface area (Å²) in [6, 6.07) is 0.440. The standard InChI is InChI=1S/C10H19NO3S/c1-2-14-10(13)9(12)7-11-8-3-5-15-6-4-8/h8-9,11-12H,2-7H2,1H3. The van der Waals surface area contributed by atoms with E-state index in [1.807, 2.05) is 11.8 Å². The van der Waals surface area contributed by atoms with Crippen molar-refractivity contribution in [3.63, 3.8) is 0 Å². The monoisotopic (exact) mass is 233 g/mol. The Morgan fingerprint density at radius 3 is 2.87 bits per heavy atom. The minimum Gasteiger partial charge on any atom is -0.464 e. The number of hydrogen-bond acceptors (Lipinski definition) is 5. The maximum Gasteiger partial charge on any atom is 0.336 e. The first-order chi connectivity index (χ1) is 7.24. The van der Waals surface area contributed by atoms with Crippen LogP contribution in [-0.2, 0) is 9.53 Å². The van der Waals surface area contributed by atoms with Crippen molar-refractivity contribution in [3.8, 4) is 0 Å². The van der Waals surface area contributed by atoms with Gasteiger partial charge in [-0.1, -0.05) is 0 Å². The van der Waals surface area contributed by atoms with Gasteiger partial charge in [0.05, 0.1) is 6.61 Å². The number of rotatable bonds is 5. The summed E-state index contributed by atoms with van der Waals surface area (Å²) in [5.41, 5.74) is 0. The molecule has 0 aliphatic carbocycles. The summed E-state index contributed by atoms with van der Waals surface area (Å²) in [5, 5.41) is 12.6. The molecule has 0 aromatic heterocycles. The molecule has 2 N–H and O–H groups in total. The second-order valence-electron chi connectivity index (χ2n) is 3.56. The first-order valence-electron chi connectivity index (χ1n) is 5.40. The van der Waals surface area contributed by atoms with Crippen molar-refractivity contribution >= 4 is 17.7 Å². The van der Waals surface area contributed by atoms with Crippen LogP contribution in [0.1, 0.15) is 19.8 Å². The number of carbonyl (C=O) groups is 1. The number of esters is 1. The topological polar surface area (TPSA) is 58.6 Å². The maximum absolute atomic E-state index is 11.1. The van der Waals surface area contributed by atoms with E-state index >= 15 is 0 Å². The molecule has 1 aliphatic heterocycles. The van der Waals surface area contributed by atoms with Crippen molar-refractivity contribution in [2.75, 3.05) is 24.7 Å². The summed E-state index contributed by atoms with van der Waals surface area (Å²) in [6.45, 7) is 2.35. The molecule has 88 valence electrons. The van der Waals surface area contributed by atoms with Crippen LogP contribution in [0.2, 0.25) is 0 Å². The van der Waals surface area contributed by atoms with Gasteiger partial charge in [-0.25, -0.2) is 4.79 Å². The van der Waals surface area contributed by atoms with Gasteiger partial charge < -0.3 is 15.2 Å². The molecule has 0 radical (unpaired) electrons. The molecule has 1 fully saturated rings. The number of hydrogen-bond donors (Lipinski definition) is 2. The smallest absolute Gasteiger partial charge is 0.336 e. The molecule has 0 aromatic rings. The maximum atomic E-state index is 11.1. The molecule has 5 heteroatoms. The van der Waals surface area contributed by atoms with Gasteiger partial charge in [0.15, 0.2) is 6.10 Å². The lowest BCUT2D eigenvalue weighted by Gasteiger charge is -2.23. The number of aliphatic hydroxyl groups excluding tert-OH is 1. The predicted molar refractivity (Wildman–Crippen MR) is 61.0 cm³/mol. The summed E-state index contributed by atoms with van der Waals surface area (Å²) in [4.78, 5) is 11.1. The zero-order chi connectivity index (χ0) is 11.1. The van der Waals surface area contributed by atoms with Gasteiger partial charge in [-0.2, -0.15) is 11.8 Å². The van der Waals surface area contributed by atoms with Gasteiger partial charge in [0.25, 0.3) is 0 Å². The number of carbonyl (C=O) groups excluding carboxylic acids is 1. The van der Waals surface area contributed by atoms with Gasteiger partial charge in [0, 0.05) is 12.6 Å².